The molecule has 160 valence electrons. The van der Waals surface area contributed by atoms with Gasteiger partial charge in [-0.1, -0.05) is 36.9 Å². The Bertz CT molecular complexity index is 1200. The maximum Gasteiger partial charge on any atom is 0.230 e. The zero-order valence-corrected chi connectivity index (χ0v) is 19.3. The number of benzene rings is 2. The van der Waals surface area contributed by atoms with Gasteiger partial charge in [-0.3, -0.25) is 9.69 Å². The summed E-state index contributed by atoms with van der Waals surface area (Å²) in [7, 11) is 0. The van der Waals surface area contributed by atoms with Crippen molar-refractivity contribution in [3.63, 3.8) is 0 Å². The van der Waals surface area contributed by atoms with Gasteiger partial charge < -0.3 is 9.72 Å². The molecule has 0 aliphatic carbocycles. The summed E-state index contributed by atoms with van der Waals surface area (Å²) in [6.07, 6.45) is 0.852. The lowest BCUT2D eigenvalue weighted by Crippen LogP contribution is -2.23. The van der Waals surface area contributed by atoms with E-state index in [1.807, 2.05) is 54.8 Å². The number of fused-ring (bicyclic) bond motifs is 1. The number of nitrogens with one attached hydrogen (secondary N) is 1. The first-order valence-corrected chi connectivity index (χ1v) is 12.0. The fourth-order valence-corrected chi connectivity index (χ4v) is 5.10. The van der Waals surface area contributed by atoms with Gasteiger partial charge >= 0.3 is 0 Å². The molecule has 0 spiro atoms. The SMILES string of the molecule is CCOc1ccc2nc(SCc3csc(N(C(C)=O)c4ccccc4CC)n3)[nH]c2c1. The number of aryl methyl sites for hydroxylation is 1. The Morgan fingerprint density at radius 1 is 1.19 bits per heavy atom. The van der Waals surface area contributed by atoms with Gasteiger partial charge in [-0.25, -0.2) is 9.97 Å². The molecule has 1 amide bonds. The number of hydrogen-bond donors (Lipinski definition) is 1. The zero-order chi connectivity index (χ0) is 21.8. The summed E-state index contributed by atoms with van der Waals surface area (Å²) in [4.78, 5) is 26.8. The minimum absolute atomic E-state index is 0.0446. The van der Waals surface area contributed by atoms with E-state index < -0.39 is 0 Å². The summed E-state index contributed by atoms with van der Waals surface area (Å²) in [5, 5.41) is 3.52. The lowest BCUT2D eigenvalue weighted by atomic mass is 10.1. The molecule has 6 nitrogen and oxygen atoms in total. The van der Waals surface area contributed by atoms with Crippen LogP contribution in [0.5, 0.6) is 5.75 Å². The van der Waals surface area contributed by atoms with Crippen LogP contribution in [0.15, 0.2) is 53.0 Å². The minimum Gasteiger partial charge on any atom is -0.494 e. The molecule has 2 aromatic carbocycles. The summed E-state index contributed by atoms with van der Waals surface area (Å²) >= 11 is 3.07. The summed E-state index contributed by atoms with van der Waals surface area (Å²) in [6.45, 7) is 6.26. The predicted octanol–water partition coefficient (Wildman–Crippen LogP) is 5.96. The third kappa shape index (κ3) is 4.75. The number of H-pyrrole nitrogens is 1. The molecule has 0 fully saturated rings. The molecule has 4 aromatic rings. The summed E-state index contributed by atoms with van der Waals surface area (Å²) in [5.41, 5.74) is 4.79. The molecule has 8 heteroatoms. The van der Waals surface area contributed by atoms with Crippen molar-refractivity contribution in [1.29, 1.82) is 0 Å². The van der Waals surface area contributed by atoms with Crippen LogP contribution < -0.4 is 9.64 Å². The number of thioether (sulfide) groups is 1. The topological polar surface area (TPSA) is 71.1 Å². The molecular formula is C23H24N4O2S2. The van der Waals surface area contributed by atoms with Gasteiger partial charge in [0.25, 0.3) is 0 Å². The third-order valence-electron chi connectivity index (χ3n) is 4.76. The molecule has 0 aliphatic rings. The van der Waals surface area contributed by atoms with Crippen molar-refractivity contribution in [2.75, 3.05) is 11.5 Å². The molecule has 4 rings (SSSR count). The highest BCUT2D eigenvalue weighted by Crippen LogP contribution is 2.33. The van der Waals surface area contributed by atoms with Gasteiger partial charge in [0.2, 0.25) is 5.91 Å². The molecule has 0 bridgehead atoms. The molecule has 0 saturated heterocycles. The van der Waals surface area contributed by atoms with Crippen LogP contribution in [-0.4, -0.2) is 27.5 Å². The number of aromatic nitrogens is 3. The molecule has 2 aromatic heterocycles. The van der Waals surface area contributed by atoms with E-state index in [2.05, 4.69) is 16.9 Å². The number of ether oxygens (including phenoxy) is 1. The van der Waals surface area contributed by atoms with Crippen LogP contribution in [0, 0.1) is 0 Å². The highest BCUT2D eigenvalue weighted by Gasteiger charge is 2.20. The lowest BCUT2D eigenvalue weighted by molar-refractivity contribution is -0.115. The van der Waals surface area contributed by atoms with E-state index >= 15 is 0 Å². The van der Waals surface area contributed by atoms with Crippen LogP contribution in [0.2, 0.25) is 0 Å². The molecule has 0 saturated carbocycles. The van der Waals surface area contributed by atoms with E-state index in [0.29, 0.717) is 17.5 Å². The van der Waals surface area contributed by atoms with Gasteiger partial charge in [-0.2, -0.15) is 0 Å². The fraction of sp³-hybridized carbons (Fsp3) is 0.261. The molecule has 0 unspecified atom stereocenters. The monoisotopic (exact) mass is 452 g/mol. The Balaban J connectivity index is 1.50. The van der Waals surface area contributed by atoms with E-state index in [9.17, 15) is 4.79 Å². The largest absolute Gasteiger partial charge is 0.494 e. The second kappa shape index (κ2) is 9.53. The maximum atomic E-state index is 12.4. The molecule has 0 atom stereocenters. The van der Waals surface area contributed by atoms with Crippen LogP contribution in [0.1, 0.15) is 32.0 Å². The number of thiazole rings is 1. The van der Waals surface area contributed by atoms with Crippen molar-refractivity contribution in [2.45, 2.75) is 38.1 Å². The van der Waals surface area contributed by atoms with Crippen molar-refractivity contribution >= 4 is 50.9 Å². The van der Waals surface area contributed by atoms with Crippen LogP contribution in [0.3, 0.4) is 0 Å². The summed E-state index contributed by atoms with van der Waals surface area (Å²) in [5.74, 6) is 1.45. The predicted molar refractivity (Wildman–Crippen MR) is 128 cm³/mol. The zero-order valence-electron chi connectivity index (χ0n) is 17.7. The Morgan fingerprint density at radius 2 is 2.03 bits per heavy atom. The smallest absolute Gasteiger partial charge is 0.230 e. The Hall–Kier alpha value is -2.84. The number of rotatable bonds is 8. The highest BCUT2D eigenvalue weighted by atomic mass is 32.2. The van der Waals surface area contributed by atoms with E-state index in [-0.39, 0.29) is 5.91 Å². The number of para-hydroxylation sites is 1. The molecule has 0 aliphatic heterocycles. The van der Waals surface area contributed by atoms with Crippen LogP contribution in [0.25, 0.3) is 11.0 Å². The van der Waals surface area contributed by atoms with Gasteiger partial charge in [-0.05, 0) is 37.1 Å². The first-order chi connectivity index (χ1) is 15.1. The van der Waals surface area contributed by atoms with Gasteiger partial charge in [0.05, 0.1) is 29.0 Å². The fourth-order valence-electron chi connectivity index (χ4n) is 3.33. The number of anilines is 2. The quantitative estimate of drug-likeness (QED) is 0.334. The molecular weight excluding hydrogens is 428 g/mol. The van der Waals surface area contributed by atoms with Gasteiger partial charge in [-0.15, -0.1) is 11.3 Å². The second-order valence-electron chi connectivity index (χ2n) is 6.90. The van der Waals surface area contributed by atoms with Gasteiger partial charge in [0.15, 0.2) is 10.3 Å². The second-order valence-corrected chi connectivity index (χ2v) is 8.70. The Kier molecular flexibility index (Phi) is 6.58. The molecule has 0 radical (unpaired) electrons. The van der Waals surface area contributed by atoms with Crippen molar-refractivity contribution < 1.29 is 9.53 Å². The summed E-state index contributed by atoms with van der Waals surface area (Å²) < 4.78 is 5.55. The standard InChI is InChI=1S/C23H24N4O2S2/c1-4-16-8-6-7-9-21(16)27(15(3)28)23-24-17(14-31-23)13-30-22-25-19-11-10-18(29-5-2)12-20(19)26-22/h6-12,14H,4-5,13H2,1-3H3,(H,25,26). The molecule has 1 N–H and O–H groups in total. The number of carbonyl (C=O) groups is 1. The number of hydrogen-bond acceptors (Lipinski definition) is 6. The average molecular weight is 453 g/mol. The van der Waals surface area contributed by atoms with Crippen molar-refractivity contribution in [3.8, 4) is 5.75 Å². The number of aromatic amines is 1. The lowest BCUT2D eigenvalue weighted by Gasteiger charge is -2.20. The summed E-state index contributed by atoms with van der Waals surface area (Å²) in [6, 6.07) is 13.8. The van der Waals surface area contributed by atoms with Crippen molar-refractivity contribution in [3.05, 3.63) is 59.1 Å². The third-order valence-corrected chi connectivity index (χ3v) is 6.54. The minimum atomic E-state index is -0.0446. The van der Waals surface area contributed by atoms with Crippen LogP contribution >= 0.6 is 23.1 Å². The maximum absolute atomic E-state index is 12.4. The van der Waals surface area contributed by atoms with Gasteiger partial charge in [0, 0.05) is 24.1 Å². The first-order valence-electron chi connectivity index (χ1n) is 10.2. The highest BCUT2D eigenvalue weighted by molar-refractivity contribution is 7.98. The van der Waals surface area contributed by atoms with E-state index in [1.165, 1.54) is 11.3 Å². The normalized spacial score (nSPS) is 11.1. The molecule has 31 heavy (non-hydrogen) atoms. The first kappa shape index (κ1) is 21.4. The number of amides is 1. The molecule has 2 heterocycles. The van der Waals surface area contributed by atoms with Crippen LogP contribution in [-0.2, 0) is 17.0 Å². The Labute approximate surface area is 189 Å². The van der Waals surface area contributed by atoms with E-state index in [4.69, 9.17) is 9.72 Å². The van der Waals surface area contributed by atoms with Crippen LogP contribution in [0.4, 0.5) is 10.8 Å². The Morgan fingerprint density at radius 3 is 2.81 bits per heavy atom. The van der Waals surface area contributed by atoms with Crippen molar-refractivity contribution in [1.82, 2.24) is 15.0 Å². The van der Waals surface area contributed by atoms with E-state index in [0.717, 1.165) is 45.3 Å². The van der Waals surface area contributed by atoms with Crippen molar-refractivity contribution in [2.24, 2.45) is 0 Å². The number of imidazole rings is 1. The number of carbonyl (C=O) groups excluding carboxylic acids is 1. The van der Waals surface area contributed by atoms with Gasteiger partial charge in [0.1, 0.15) is 5.75 Å². The average Bonchev–Trinajstić information content (AvgIpc) is 3.39. The number of nitrogens with zero attached hydrogens (tertiary/aromatic N) is 3. The van der Waals surface area contributed by atoms with E-state index in [1.54, 1.807) is 23.6 Å².